The minimum atomic E-state index is -0.178. The fourth-order valence-corrected chi connectivity index (χ4v) is 2.11. The van der Waals surface area contributed by atoms with Gasteiger partial charge in [-0.3, -0.25) is 0 Å². The Bertz CT molecular complexity index is 638. The molecule has 4 heteroatoms. The van der Waals surface area contributed by atoms with Gasteiger partial charge in [0.1, 0.15) is 17.5 Å². The van der Waals surface area contributed by atoms with Crippen LogP contribution < -0.4 is 5.32 Å². The zero-order chi connectivity index (χ0) is 15.6. The van der Waals surface area contributed by atoms with Crippen LogP contribution >= 0.6 is 0 Å². The first-order valence-corrected chi connectivity index (χ1v) is 7.25. The monoisotopic (exact) mass is 287 g/mol. The molecule has 0 radical (unpaired) electrons. The average molecular weight is 287 g/mol. The minimum Gasteiger partial charge on any atom is -0.363 e. The van der Waals surface area contributed by atoms with Crippen LogP contribution in [-0.2, 0) is 0 Å². The highest BCUT2D eigenvalue weighted by molar-refractivity contribution is 5.40. The number of anilines is 1. The van der Waals surface area contributed by atoms with Gasteiger partial charge in [0.15, 0.2) is 0 Å². The third-order valence-electron chi connectivity index (χ3n) is 3.45. The van der Waals surface area contributed by atoms with E-state index in [1.54, 1.807) is 19.1 Å². The van der Waals surface area contributed by atoms with Gasteiger partial charge in [-0.15, -0.1) is 0 Å². The average Bonchev–Trinajstić information content (AvgIpc) is 2.41. The number of rotatable bonds is 4. The quantitative estimate of drug-likeness (QED) is 0.897. The normalized spacial score (nSPS) is 12.5. The largest absolute Gasteiger partial charge is 0.363 e. The van der Waals surface area contributed by atoms with Gasteiger partial charge in [0.2, 0.25) is 0 Å². The van der Waals surface area contributed by atoms with Crippen LogP contribution in [0.25, 0.3) is 0 Å². The van der Waals surface area contributed by atoms with Crippen molar-refractivity contribution in [3.8, 4) is 0 Å². The molecule has 0 amide bonds. The molecule has 0 fully saturated rings. The van der Waals surface area contributed by atoms with Gasteiger partial charge >= 0.3 is 0 Å². The Morgan fingerprint density at radius 1 is 1.05 bits per heavy atom. The molecule has 1 N–H and O–H groups in total. The number of aromatic nitrogens is 2. The Kier molecular flexibility index (Phi) is 4.56. The van der Waals surface area contributed by atoms with Gasteiger partial charge in [0.05, 0.1) is 6.04 Å². The zero-order valence-corrected chi connectivity index (χ0v) is 13.2. The van der Waals surface area contributed by atoms with Crippen molar-refractivity contribution in [3.63, 3.8) is 0 Å². The molecule has 0 aliphatic heterocycles. The van der Waals surface area contributed by atoms with Crippen LogP contribution in [0.3, 0.4) is 0 Å². The van der Waals surface area contributed by atoms with E-state index in [0.717, 1.165) is 22.9 Å². The van der Waals surface area contributed by atoms with E-state index < -0.39 is 0 Å². The Balaban J connectivity index is 2.22. The summed E-state index contributed by atoms with van der Waals surface area (Å²) >= 11 is 0. The second-order valence-corrected chi connectivity index (χ2v) is 5.78. The van der Waals surface area contributed by atoms with E-state index in [1.165, 1.54) is 0 Å². The van der Waals surface area contributed by atoms with Gasteiger partial charge in [0, 0.05) is 17.7 Å². The summed E-state index contributed by atoms with van der Waals surface area (Å²) in [6.45, 7) is 9.85. The number of aryl methyl sites for hydroxylation is 2. The second kappa shape index (κ2) is 6.20. The van der Waals surface area contributed by atoms with E-state index in [9.17, 15) is 4.39 Å². The molecular weight excluding hydrogens is 265 g/mol. The molecule has 0 saturated carbocycles. The third-order valence-corrected chi connectivity index (χ3v) is 3.45. The smallest absolute Gasteiger partial charge is 0.133 e. The summed E-state index contributed by atoms with van der Waals surface area (Å²) in [5, 5.41) is 3.32. The topological polar surface area (TPSA) is 37.8 Å². The lowest BCUT2D eigenvalue weighted by Crippen LogP contribution is -2.11. The van der Waals surface area contributed by atoms with Gasteiger partial charge in [-0.25, -0.2) is 14.4 Å². The molecule has 1 aromatic carbocycles. The van der Waals surface area contributed by atoms with Crippen molar-refractivity contribution >= 4 is 5.82 Å². The highest BCUT2D eigenvalue weighted by atomic mass is 19.1. The molecule has 0 aliphatic carbocycles. The number of halogens is 1. The molecule has 1 heterocycles. The van der Waals surface area contributed by atoms with E-state index in [-0.39, 0.29) is 17.8 Å². The first-order valence-electron chi connectivity index (χ1n) is 7.25. The van der Waals surface area contributed by atoms with E-state index >= 15 is 0 Å². The predicted molar refractivity (Wildman–Crippen MR) is 84.0 cm³/mol. The lowest BCUT2D eigenvalue weighted by Gasteiger charge is -2.17. The second-order valence-electron chi connectivity index (χ2n) is 5.78. The standard InChI is InChI=1S/C17H22FN3/c1-10(2)17-19-12(4)8-16(21-17)20-13(5)14-7-6-11(3)15(18)9-14/h6-10,13H,1-5H3,(H,19,20,21). The molecule has 0 saturated heterocycles. The third kappa shape index (κ3) is 3.78. The molecule has 0 bridgehead atoms. The van der Waals surface area contributed by atoms with Crippen molar-refractivity contribution in [2.45, 2.75) is 46.6 Å². The van der Waals surface area contributed by atoms with E-state index in [0.29, 0.717) is 5.56 Å². The van der Waals surface area contributed by atoms with Crippen LogP contribution in [-0.4, -0.2) is 9.97 Å². The number of benzene rings is 1. The lowest BCUT2D eigenvalue weighted by molar-refractivity contribution is 0.614. The molecule has 2 aromatic rings. The van der Waals surface area contributed by atoms with Crippen molar-refractivity contribution in [1.29, 1.82) is 0 Å². The number of hydrogen-bond donors (Lipinski definition) is 1. The molecular formula is C17H22FN3. The van der Waals surface area contributed by atoms with Crippen LogP contribution in [0.5, 0.6) is 0 Å². The summed E-state index contributed by atoms with van der Waals surface area (Å²) in [6, 6.07) is 7.20. The van der Waals surface area contributed by atoms with Crippen LogP contribution in [0.2, 0.25) is 0 Å². The van der Waals surface area contributed by atoms with E-state index in [2.05, 4.69) is 29.1 Å². The molecule has 21 heavy (non-hydrogen) atoms. The lowest BCUT2D eigenvalue weighted by atomic mass is 10.1. The maximum absolute atomic E-state index is 13.7. The first-order chi connectivity index (χ1) is 9.86. The molecule has 112 valence electrons. The Morgan fingerprint density at radius 2 is 1.76 bits per heavy atom. The minimum absolute atomic E-state index is 0.0191. The Hall–Kier alpha value is -1.97. The molecule has 0 aliphatic rings. The predicted octanol–water partition coefficient (Wildman–Crippen LogP) is 4.53. The molecule has 2 rings (SSSR count). The summed E-state index contributed by atoms with van der Waals surface area (Å²) in [5.74, 6) is 1.69. The van der Waals surface area contributed by atoms with Crippen LogP contribution in [0, 0.1) is 19.7 Å². The fraction of sp³-hybridized carbons (Fsp3) is 0.412. The maximum atomic E-state index is 13.7. The van der Waals surface area contributed by atoms with Gasteiger partial charge in [-0.2, -0.15) is 0 Å². The van der Waals surface area contributed by atoms with Crippen LogP contribution in [0.1, 0.15) is 55.4 Å². The SMILES string of the molecule is Cc1cc(NC(C)c2ccc(C)c(F)c2)nc(C(C)C)n1. The number of nitrogens with zero attached hydrogens (tertiary/aromatic N) is 2. The summed E-state index contributed by atoms with van der Waals surface area (Å²) in [4.78, 5) is 8.95. The summed E-state index contributed by atoms with van der Waals surface area (Å²) in [5.41, 5.74) is 2.49. The van der Waals surface area contributed by atoms with Crippen molar-refractivity contribution in [3.05, 3.63) is 52.7 Å². The van der Waals surface area contributed by atoms with Crippen molar-refractivity contribution in [1.82, 2.24) is 9.97 Å². The number of nitrogens with one attached hydrogen (secondary N) is 1. The van der Waals surface area contributed by atoms with Crippen LogP contribution in [0.4, 0.5) is 10.2 Å². The van der Waals surface area contributed by atoms with Gasteiger partial charge in [-0.05, 0) is 38.0 Å². The highest BCUT2D eigenvalue weighted by Crippen LogP contribution is 2.21. The number of hydrogen-bond acceptors (Lipinski definition) is 3. The first kappa shape index (κ1) is 15.4. The van der Waals surface area contributed by atoms with Crippen LogP contribution in [0.15, 0.2) is 24.3 Å². The maximum Gasteiger partial charge on any atom is 0.133 e. The van der Waals surface area contributed by atoms with Crippen molar-refractivity contribution in [2.24, 2.45) is 0 Å². The van der Waals surface area contributed by atoms with Gasteiger partial charge < -0.3 is 5.32 Å². The van der Waals surface area contributed by atoms with Gasteiger partial charge in [0.25, 0.3) is 0 Å². The van der Waals surface area contributed by atoms with Crippen molar-refractivity contribution in [2.75, 3.05) is 5.32 Å². The Labute approximate surface area is 125 Å². The highest BCUT2D eigenvalue weighted by Gasteiger charge is 2.11. The summed E-state index contributed by atoms with van der Waals surface area (Å²) in [6.07, 6.45) is 0. The molecule has 1 unspecified atom stereocenters. The van der Waals surface area contributed by atoms with Crippen molar-refractivity contribution < 1.29 is 4.39 Å². The van der Waals surface area contributed by atoms with E-state index in [1.807, 2.05) is 26.0 Å². The van der Waals surface area contributed by atoms with Gasteiger partial charge in [-0.1, -0.05) is 26.0 Å². The fourth-order valence-electron chi connectivity index (χ4n) is 2.11. The summed E-state index contributed by atoms with van der Waals surface area (Å²) < 4.78 is 13.7. The Morgan fingerprint density at radius 3 is 2.38 bits per heavy atom. The summed E-state index contributed by atoms with van der Waals surface area (Å²) in [7, 11) is 0. The molecule has 1 atom stereocenters. The molecule has 3 nitrogen and oxygen atoms in total. The molecule has 1 aromatic heterocycles. The molecule has 0 spiro atoms. The van der Waals surface area contributed by atoms with E-state index in [4.69, 9.17) is 0 Å². The zero-order valence-electron chi connectivity index (χ0n) is 13.2.